The number of hydrogen-bond donors (Lipinski definition) is 3. The van der Waals surface area contributed by atoms with Crippen LogP contribution in [-0.4, -0.2) is 55.2 Å². The number of pyridine rings is 1. The third kappa shape index (κ3) is 3.47. The van der Waals surface area contributed by atoms with Gasteiger partial charge in [0.2, 0.25) is 0 Å². The summed E-state index contributed by atoms with van der Waals surface area (Å²) in [6.45, 7) is 2.98. The van der Waals surface area contributed by atoms with Crippen molar-refractivity contribution >= 4 is 22.9 Å². The maximum absolute atomic E-state index is 13.6. The van der Waals surface area contributed by atoms with Gasteiger partial charge in [-0.05, 0) is 25.3 Å². The van der Waals surface area contributed by atoms with Crippen LogP contribution >= 0.6 is 0 Å². The van der Waals surface area contributed by atoms with Gasteiger partial charge in [-0.1, -0.05) is 6.92 Å². The van der Waals surface area contributed by atoms with Crippen molar-refractivity contribution in [1.29, 1.82) is 0 Å². The summed E-state index contributed by atoms with van der Waals surface area (Å²) in [5, 5.41) is 13.3. The minimum atomic E-state index is -0.904. The Morgan fingerprint density at radius 1 is 1.43 bits per heavy atom. The number of aromatic amines is 1. The van der Waals surface area contributed by atoms with Crippen LogP contribution < -0.4 is 5.32 Å². The zero-order valence-electron chi connectivity index (χ0n) is 15.4. The SMILES string of the molecule is CCc1cnc(-c2c[nH]c3ncc(F)cc23)nc1N[C@H]1CCCN(C(=O)O)C1. The highest BCUT2D eigenvalue weighted by molar-refractivity contribution is 5.91. The minimum absolute atomic E-state index is 0.0139. The lowest BCUT2D eigenvalue weighted by Crippen LogP contribution is -2.44. The normalized spacial score (nSPS) is 17.1. The molecule has 3 N–H and O–H groups in total. The molecule has 8 nitrogen and oxygen atoms in total. The molecule has 1 fully saturated rings. The number of likely N-dealkylation sites (tertiary alicyclic amines) is 1. The van der Waals surface area contributed by atoms with Gasteiger partial charge in [0.15, 0.2) is 5.82 Å². The number of amides is 1. The number of halogens is 1. The van der Waals surface area contributed by atoms with Crippen molar-refractivity contribution in [2.75, 3.05) is 18.4 Å². The number of H-pyrrole nitrogens is 1. The zero-order chi connectivity index (χ0) is 19.7. The molecule has 0 aliphatic carbocycles. The molecular formula is C19H21FN6O2. The van der Waals surface area contributed by atoms with E-state index in [-0.39, 0.29) is 6.04 Å². The highest BCUT2D eigenvalue weighted by atomic mass is 19.1. The van der Waals surface area contributed by atoms with Gasteiger partial charge in [0.25, 0.3) is 0 Å². The van der Waals surface area contributed by atoms with Gasteiger partial charge in [-0.25, -0.2) is 24.1 Å². The number of aryl methyl sites for hydroxylation is 1. The van der Waals surface area contributed by atoms with Crippen molar-refractivity contribution in [3.05, 3.63) is 36.0 Å². The van der Waals surface area contributed by atoms with Crippen LogP contribution in [0.25, 0.3) is 22.4 Å². The average Bonchev–Trinajstić information content (AvgIpc) is 3.11. The predicted octanol–water partition coefficient (Wildman–Crippen LogP) is 3.28. The van der Waals surface area contributed by atoms with E-state index in [0.29, 0.717) is 41.3 Å². The Morgan fingerprint density at radius 3 is 3.07 bits per heavy atom. The highest BCUT2D eigenvalue weighted by Gasteiger charge is 2.24. The molecule has 1 atom stereocenters. The van der Waals surface area contributed by atoms with Gasteiger partial charge in [-0.15, -0.1) is 0 Å². The van der Waals surface area contributed by atoms with E-state index in [0.717, 1.165) is 31.0 Å². The Bertz CT molecular complexity index is 1020. The van der Waals surface area contributed by atoms with Crippen LogP contribution in [0.4, 0.5) is 15.0 Å². The lowest BCUT2D eigenvalue weighted by Gasteiger charge is -2.31. The molecule has 28 heavy (non-hydrogen) atoms. The largest absolute Gasteiger partial charge is 0.465 e. The molecular weight excluding hydrogens is 363 g/mol. The number of fused-ring (bicyclic) bond motifs is 1. The minimum Gasteiger partial charge on any atom is -0.465 e. The van der Waals surface area contributed by atoms with Gasteiger partial charge in [-0.2, -0.15) is 0 Å². The van der Waals surface area contributed by atoms with Crippen molar-refractivity contribution in [2.45, 2.75) is 32.2 Å². The topological polar surface area (TPSA) is 107 Å². The molecule has 0 bridgehead atoms. The summed E-state index contributed by atoms with van der Waals surface area (Å²) in [6.07, 6.45) is 6.14. The Morgan fingerprint density at radius 2 is 2.29 bits per heavy atom. The number of anilines is 1. The summed E-state index contributed by atoms with van der Waals surface area (Å²) >= 11 is 0. The van der Waals surface area contributed by atoms with Gasteiger partial charge in [0.1, 0.15) is 17.3 Å². The van der Waals surface area contributed by atoms with E-state index in [9.17, 15) is 14.3 Å². The van der Waals surface area contributed by atoms with Crippen molar-refractivity contribution in [2.24, 2.45) is 0 Å². The molecule has 1 aliphatic rings. The molecule has 0 unspecified atom stereocenters. The Labute approximate surface area is 160 Å². The first-order valence-electron chi connectivity index (χ1n) is 9.28. The van der Waals surface area contributed by atoms with Crippen LogP contribution in [0.15, 0.2) is 24.7 Å². The molecule has 0 aromatic carbocycles. The fourth-order valence-electron chi connectivity index (χ4n) is 3.55. The van der Waals surface area contributed by atoms with Gasteiger partial charge in [0, 0.05) is 48.0 Å². The summed E-state index contributed by atoms with van der Waals surface area (Å²) in [6, 6.07) is 1.39. The van der Waals surface area contributed by atoms with Gasteiger partial charge in [0.05, 0.1) is 6.20 Å². The monoisotopic (exact) mass is 384 g/mol. The third-order valence-electron chi connectivity index (χ3n) is 5.02. The Hall–Kier alpha value is -3.23. The van der Waals surface area contributed by atoms with E-state index in [4.69, 9.17) is 0 Å². The molecule has 146 valence electrons. The molecule has 9 heteroatoms. The first-order valence-corrected chi connectivity index (χ1v) is 9.28. The lowest BCUT2D eigenvalue weighted by atomic mass is 10.1. The highest BCUT2D eigenvalue weighted by Crippen LogP contribution is 2.28. The van der Waals surface area contributed by atoms with Crippen molar-refractivity contribution in [3.63, 3.8) is 0 Å². The molecule has 0 spiro atoms. The number of nitrogens with zero attached hydrogens (tertiary/aromatic N) is 4. The molecule has 1 aliphatic heterocycles. The molecule has 4 rings (SSSR count). The molecule has 1 amide bonds. The zero-order valence-corrected chi connectivity index (χ0v) is 15.4. The first-order chi connectivity index (χ1) is 13.5. The van der Waals surface area contributed by atoms with Crippen LogP contribution in [0.2, 0.25) is 0 Å². The van der Waals surface area contributed by atoms with Crippen LogP contribution in [-0.2, 0) is 6.42 Å². The summed E-state index contributed by atoms with van der Waals surface area (Å²) in [7, 11) is 0. The van der Waals surface area contributed by atoms with E-state index >= 15 is 0 Å². The van der Waals surface area contributed by atoms with Gasteiger partial charge in [-0.3, -0.25) is 0 Å². The van der Waals surface area contributed by atoms with Gasteiger partial charge < -0.3 is 20.3 Å². The average molecular weight is 384 g/mol. The number of rotatable bonds is 4. The molecule has 4 heterocycles. The number of hydrogen-bond acceptors (Lipinski definition) is 5. The quantitative estimate of drug-likeness (QED) is 0.637. The van der Waals surface area contributed by atoms with E-state index in [2.05, 4.69) is 25.3 Å². The fourth-order valence-corrected chi connectivity index (χ4v) is 3.55. The first kappa shape index (κ1) is 18.1. The number of piperidine rings is 1. The van der Waals surface area contributed by atoms with E-state index in [1.54, 1.807) is 12.4 Å². The summed E-state index contributed by atoms with van der Waals surface area (Å²) < 4.78 is 13.6. The second kappa shape index (κ2) is 7.41. The van der Waals surface area contributed by atoms with E-state index in [1.165, 1.54) is 11.0 Å². The molecule has 0 radical (unpaired) electrons. The number of aromatic nitrogens is 4. The number of carboxylic acid groups (broad SMARTS) is 1. The molecule has 1 saturated heterocycles. The Balaban J connectivity index is 1.66. The number of carbonyl (C=O) groups is 1. The Kier molecular flexibility index (Phi) is 4.81. The van der Waals surface area contributed by atoms with Gasteiger partial charge >= 0.3 is 6.09 Å². The standard InChI is InChI=1S/C19H21FN6O2/c1-2-11-7-21-18(15-9-23-17-14(15)6-12(20)8-22-17)25-16(11)24-13-4-3-5-26(10-13)19(27)28/h6-9,13H,2-5,10H2,1H3,(H,22,23)(H,27,28)(H,21,24,25)/t13-/m0/s1. The summed E-state index contributed by atoms with van der Waals surface area (Å²) in [5.41, 5.74) is 2.18. The molecule has 0 saturated carbocycles. The molecule has 3 aromatic heterocycles. The van der Waals surface area contributed by atoms with Crippen molar-refractivity contribution < 1.29 is 14.3 Å². The van der Waals surface area contributed by atoms with Crippen LogP contribution in [0.5, 0.6) is 0 Å². The summed E-state index contributed by atoms with van der Waals surface area (Å²) in [4.78, 5) is 28.9. The summed E-state index contributed by atoms with van der Waals surface area (Å²) in [5.74, 6) is 0.723. The second-order valence-electron chi connectivity index (χ2n) is 6.89. The van der Waals surface area contributed by atoms with Crippen molar-refractivity contribution in [3.8, 4) is 11.4 Å². The van der Waals surface area contributed by atoms with E-state index < -0.39 is 11.9 Å². The van der Waals surface area contributed by atoms with E-state index in [1.807, 2.05) is 6.92 Å². The van der Waals surface area contributed by atoms with Crippen LogP contribution in [0.3, 0.4) is 0 Å². The lowest BCUT2D eigenvalue weighted by molar-refractivity contribution is 0.133. The maximum Gasteiger partial charge on any atom is 0.407 e. The molecule has 3 aromatic rings. The van der Waals surface area contributed by atoms with Crippen LogP contribution in [0, 0.1) is 5.82 Å². The fraction of sp³-hybridized carbons (Fsp3) is 0.368. The third-order valence-corrected chi connectivity index (χ3v) is 5.02. The maximum atomic E-state index is 13.6. The number of nitrogens with one attached hydrogen (secondary N) is 2. The smallest absolute Gasteiger partial charge is 0.407 e. The predicted molar refractivity (Wildman–Crippen MR) is 103 cm³/mol. The van der Waals surface area contributed by atoms with Crippen molar-refractivity contribution in [1.82, 2.24) is 24.8 Å². The van der Waals surface area contributed by atoms with Crippen LogP contribution in [0.1, 0.15) is 25.3 Å². The second-order valence-corrected chi connectivity index (χ2v) is 6.89.